The Morgan fingerprint density at radius 2 is 0.410 bits per heavy atom. The van der Waals surface area contributed by atoms with Gasteiger partial charge >= 0.3 is 15.6 Å². The Kier molecular flexibility index (Phi) is 68.1. The highest BCUT2D eigenvalue weighted by Gasteiger charge is 2.37. The Hall–Kier alpha value is 0.1000. The maximum atomic E-state index is 13.2. The van der Waals surface area contributed by atoms with Crippen LogP contribution in [-0.4, -0.2) is 74.8 Å². The minimum atomic E-state index is -5.03. The van der Waals surface area contributed by atoms with Gasteiger partial charge in [-0.15, -0.1) is 0 Å². The summed E-state index contributed by atoms with van der Waals surface area (Å²) in [5, 5.41) is 0. The molecule has 0 radical (unpaired) electrons. The van der Waals surface area contributed by atoms with Crippen molar-refractivity contribution in [2.45, 2.75) is 399 Å². The first-order valence-corrected chi connectivity index (χ1v) is 39.7. The van der Waals surface area contributed by atoms with Gasteiger partial charge in [0.15, 0.2) is 0 Å². The minimum Gasteiger partial charge on any atom is -0.379 e. The molecule has 0 rings (SSSR count). The molecule has 2 unspecified atom stereocenters. The van der Waals surface area contributed by atoms with Crippen molar-refractivity contribution < 1.29 is 51.2 Å². The van der Waals surface area contributed by atoms with Crippen LogP contribution in [0.2, 0.25) is 0 Å². The molecule has 0 aromatic heterocycles. The molecule has 0 amide bonds. The van der Waals surface area contributed by atoms with Gasteiger partial charge in [0.05, 0.1) is 26.4 Å². The maximum Gasteiger partial charge on any atom is 0.481 e. The van der Waals surface area contributed by atoms with Crippen LogP contribution < -0.4 is 0 Å². The highest BCUT2D eigenvalue weighted by Crippen LogP contribution is 2.60. The van der Waals surface area contributed by atoms with Gasteiger partial charge in [-0.25, -0.2) is 9.13 Å². The minimum absolute atomic E-state index is 0.183. The highest BCUT2D eigenvalue weighted by molar-refractivity contribution is 7.61. The quantitative estimate of drug-likeness (QED) is 0.0444. The molecule has 0 saturated carbocycles. The van der Waals surface area contributed by atoms with Gasteiger partial charge in [0.1, 0.15) is 12.2 Å². The van der Waals surface area contributed by atoms with E-state index in [1.165, 1.54) is 295 Å². The monoisotopic (exact) mass is 1220 g/mol. The van der Waals surface area contributed by atoms with E-state index < -0.39 is 27.9 Å². The van der Waals surface area contributed by atoms with E-state index in [0.29, 0.717) is 26.4 Å². The molecule has 13 heteroatoms. The zero-order valence-corrected chi connectivity index (χ0v) is 57.7. The van der Waals surface area contributed by atoms with Crippen LogP contribution in [0.1, 0.15) is 387 Å². The summed E-state index contributed by atoms with van der Waals surface area (Å²) in [7, 11) is -10.1. The van der Waals surface area contributed by atoms with Gasteiger partial charge in [-0.1, -0.05) is 362 Å². The summed E-state index contributed by atoms with van der Waals surface area (Å²) in [6.45, 7) is 10.9. The third-order valence-electron chi connectivity index (χ3n) is 16.6. The standard InChI is InChI=1S/C70H144O11P2/c1-5-9-13-17-21-25-29-33-37-41-45-49-53-57-61-75-65-69(77-63-59-55-51-47-43-39-35-31-27-23-19-15-11-7-3)67-79-82(71,72)81-83(73,74)80-68-70(78-64-60-56-52-48-44-40-36-32-28-24-20-16-12-8-4)66-76-62-58-54-50-46-42-38-34-30-26-22-18-14-10-6-2/h69-70H,5-68H2,1-4H3,(H,71,72)(H,73,74)/t69-,70-/m1/s1. The third-order valence-corrected chi connectivity index (χ3v) is 19.2. The summed E-state index contributed by atoms with van der Waals surface area (Å²) >= 11 is 0. The van der Waals surface area contributed by atoms with Crippen molar-refractivity contribution in [3.63, 3.8) is 0 Å². The van der Waals surface area contributed by atoms with Gasteiger partial charge in [-0.3, -0.25) is 9.05 Å². The van der Waals surface area contributed by atoms with Gasteiger partial charge in [-0.2, -0.15) is 4.31 Å². The molecule has 2 N–H and O–H groups in total. The van der Waals surface area contributed by atoms with Crippen LogP contribution in [0, 0.1) is 0 Å². The molecule has 83 heavy (non-hydrogen) atoms. The van der Waals surface area contributed by atoms with Crippen molar-refractivity contribution in [2.24, 2.45) is 0 Å². The number of hydrogen-bond acceptors (Lipinski definition) is 9. The second-order valence-corrected chi connectivity index (χ2v) is 28.2. The summed E-state index contributed by atoms with van der Waals surface area (Å²) in [6, 6.07) is 0. The van der Waals surface area contributed by atoms with Crippen molar-refractivity contribution in [1.82, 2.24) is 0 Å². The fourth-order valence-electron chi connectivity index (χ4n) is 11.1. The average Bonchev–Trinajstić information content (AvgIpc) is 3.63. The fourth-order valence-corrected chi connectivity index (χ4v) is 13.3. The summed E-state index contributed by atoms with van der Waals surface area (Å²) in [5.41, 5.74) is 0. The largest absolute Gasteiger partial charge is 0.481 e. The van der Waals surface area contributed by atoms with Crippen LogP contribution in [0.25, 0.3) is 0 Å². The Morgan fingerprint density at radius 3 is 0.602 bits per heavy atom. The summed E-state index contributed by atoms with van der Waals surface area (Å²) in [5.74, 6) is 0. The number of rotatable bonds is 74. The summed E-state index contributed by atoms with van der Waals surface area (Å²) in [6.07, 6.45) is 70.2. The van der Waals surface area contributed by atoms with Crippen LogP contribution in [0.4, 0.5) is 0 Å². The van der Waals surface area contributed by atoms with Crippen molar-refractivity contribution in [3.8, 4) is 0 Å². The summed E-state index contributed by atoms with van der Waals surface area (Å²) < 4.78 is 66.3. The van der Waals surface area contributed by atoms with Crippen LogP contribution in [0.5, 0.6) is 0 Å². The highest BCUT2D eigenvalue weighted by atomic mass is 31.3. The normalized spacial score (nSPS) is 14.1. The van der Waals surface area contributed by atoms with E-state index in [1.54, 1.807) is 0 Å². The van der Waals surface area contributed by atoms with E-state index in [9.17, 15) is 18.9 Å². The van der Waals surface area contributed by atoms with Gasteiger partial charge < -0.3 is 28.7 Å². The van der Waals surface area contributed by atoms with Gasteiger partial charge in [-0.05, 0) is 25.7 Å². The van der Waals surface area contributed by atoms with E-state index in [2.05, 4.69) is 27.7 Å². The lowest BCUT2D eigenvalue weighted by molar-refractivity contribution is -0.0465. The molecule has 0 aromatic carbocycles. The molecule has 500 valence electrons. The van der Waals surface area contributed by atoms with E-state index in [1.807, 2.05) is 0 Å². The molecule has 0 bridgehead atoms. The van der Waals surface area contributed by atoms with Crippen LogP contribution >= 0.6 is 15.6 Å². The van der Waals surface area contributed by atoms with Crippen molar-refractivity contribution in [2.75, 3.05) is 52.9 Å². The van der Waals surface area contributed by atoms with Crippen LogP contribution in [0.15, 0.2) is 0 Å². The van der Waals surface area contributed by atoms with E-state index >= 15 is 0 Å². The number of unbranched alkanes of at least 4 members (excludes halogenated alkanes) is 52. The number of phosphoric ester groups is 2. The Balaban J connectivity index is 5.04. The van der Waals surface area contributed by atoms with E-state index in [4.69, 9.17) is 32.3 Å². The average molecular weight is 1220 g/mol. The molecular weight excluding hydrogens is 1080 g/mol. The molecule has 0 aliphatic heterocycles. The Bertz CT molecular complexity index is 1230. The van der Waals surface area contributed by atoms with Gasteiger partial charge in [0.2, 0.25) is 0 Å². The lowest BCUT2D eigenvalue weighted by Gasteiger charge is -2.22. The second-order valence-electron chi connectivity index (χ2n) is 25.1. The first-order chi connectivity index (χ1) is 40.7. The van der Waals surface area contributed by atoms with E-state index in [-0.39, 0.29) is 26.4 Å². The molecule has 0 aliphatic rings. The molecular formula is C70H144O11P2. The molecule has 0 saturated heterocycles. The first-order valence-electron chi connectivity index (χ1n) is 36.7. The lowest BCUT2D eigenvalue weighted by atomic mass is 10.0. The molecule has 0 fully saturated rings. The Morgan fingerprint density at radius 1 is 0.241 bits per heavy atom. The molecule has 0 aromatic rings. The van der Waals surface area contributed by atoms with Crippen molar-refractivity contribution >= 4 is 15.6 Å². The predicted octanol–water partition coefficient (Wildman–Crippen LogP) is 24.0. The van der Waals surface area contributed by atoms with E-state index in [0.717, 1.165) is 64.2 Å². The fraction of sp³-hybridized carbons (Fsp3) is 1.00. The molecule has 0 spiro atoms. The molecule has 0 heterocycles. The predicted molar refractivity (Wildman–Crippen MR) is 355 cm³/mol. The van der Waals surface area contributed by atoms with Crippen molar-refractivity contribution in [1.29, 1.82) is 0 Å². The molecule has 4 atom stereocenters. The zero-order chi connectivity index (χ0) is 60.4. The molecule has 11 nitrogen and oxygen atoms in total. The van der Waals surface area contributed by atoms with Crippen molar-refractivity contribution in [3.05, 3.63) is 0 Å². The number of hydrogen-bond donors (Lipinski definition) is 2. The smallest absolute Gasteiger partial charge is 0.379 e. The van der Waals surface area contributed by atoms with Gasteiger partial charge in [0.25, 0.3) is 0 Å². The zero-order valence-electron chi connectivity index (χ0n) is 55.9. The maximum absolute atomic E-state index is 13.2. The van der Waals surface area contributed by atoms with Crippen LogP contribution in [-0.2, 0) is 41.4 Å². The first kappa shape index (κ1) is 83.1. The summed E-state index contributed by atoms with van der Waals surface area (Å²) in [4.78, 5) is 21.5. The number of phosphoric acid groups is 2. The second kappa shape index (κ2) is 68.0. The van der Waals surface area contributed by atoms with Crippen LogP contribution in [0.3, 0.4) is 0 Å². The van der Waals surface area contributed by atoms with Gasteiger partial charge in [0, 0.05) is 26.4 Å². The third kappa shape index (κ3) is 67.9. The number of ether oxygens (including phenoxy) is 4. The SMILES string of the molecule is CCCCCCCCCCCCCCCCOC[C@H](COP(=O)(O)OP(=O)(O)OC[C@@H](COCCCCCCCCCCCCCCCC)OCCCCCCCCCCCCCCCC)OCCCCCCCCCCCCCCCC. The molecule has 0 aliphatic carbocycles. The topological polar surface area (TPSA) is 139 Å². The lowest BCUT2D eigenvalue weighted by Crippen LogP contribution is -2.27. The Labute approximate surface area is 516 Å².